The van der Waals surface area contributed by atoms with Crippen molar-refractivity contribution in [1.29, 1.82) is 0 Å². The number of methoxy groups -OCH3 is 1. The van der Waals surface area contributed by atoms with E-state index in [2.05, 4.69) is 0 Å². The average molecular weight is 303 g/mol. The van der Waals surface area contributed by atoms with Crippen molar-refractivity contribution in [3.8, 4) is 0 Å². The van der Waals surface area contributed by atoms with Gasteiger partial charge in [-0.15, -0.1) is 0 Å². The maximum atomic E-state index is 11.0. The highest BCUT2D eigenvalue weighted by Crippen LogP contribution is 2.44. The minimum absolute atomic E-state index is 0.0125. The number of aliphatic hydroxyl groups is 1. The van der Waals surface area contributed by atoms with Gasteiger partial charge in [0, 0.05) is 13.7 Å². The summed E-state index contributed by atoms with van der Waals surface area (Å²) in [6.45, 7) is 1.80. The van der Waals surface area contributed by atoms with Crippen LogP contribution in [0.4, 0.5) is 0 Å². The van der Waals surface area contributed by atoms with Crippen LogP contribution in [0.3, 0.4) is 0 Å². The first-order valence-electron chi connectivity index (χ1n) is 7.77. The van der Waals surface area contributed by atoms with Crippen LogP contribution in [-0.2, 0) is 9.47 Å². The number of thioether (sulfide) groups is 1. The third kappa shape index (κ3) is 3.89. The van der Waals surface area contributed by atoms with E-state index < -0.39 is 5.60 Å². The fraction of sp³-hybridized carbons (Fsp3) is 1.00. The van der Waals surface area contributed by atoms with Crippen molar-refractivity contribution in [3.63, 3.8) is 0 Å². The zero-order valence-corrected chi connectivity index (χ0v) is 13.4. The van der Waals surface area contributed by atoms with Crippen LogP contribution in [0, 0.1) is 5.92 Å². The summed E-state index contributed by atoms with van der Waals surface area (Å²) in [5.41, 5.74) is 4.89. The molecule has 20 heavy (non-hydrogen) atoms. The van der Waals surface area contributed by atoms with E-state index in [4.69, 9.17) is 15.2 Å². The van der Waals surface area contributed by atoms with Crippen molar-refractivity contribution in [2.24, 2.45) is 11.7 Å². The standard InChI is InChI=1S/C15H29NO3S/c1-18-12-15(17,4-2-7-16)13-3-8-19-14(11-13)5-9-20-10-6-14/h13,17H,2-12,16H2,1H3. The highest BCUT2D eigenvalue weighted by Gasteiger charge is 2.46. The normalized spacial score (nSPS) is 29.2. The zero-order chi connectivity index (χ0) is 14.5. The van der Waals surface area contributed by atoms with Crippen molar-refractivity contribution in [3.05, 3.63) is 0 Å². The van der Waals surface area contributed by atoms with E-state index in [1.807, 2.05) is 11.8 Å². The van der Waals surface area contributed by atoms with Crippen LogP contribution in [0.15, 0.2) is 0 Å². The second-order valence-electron chi connectivity index (χ2n) is 6.26. The molecule has 5 heteroatoms. The van der Waals surface area contributed by atoms with Crippen molar-refractivity contribution in [1.82, 2.24) is 0 Å². The Morgan fingerprint density at radius 1 is 1.45 bits per heavy atom. The van der Waals surface area contributed by atoms with E-state index >= 15 is 0 Å². The molecule has 2 fully saturated rings. The van der Waals surface area contributed by atoms with Gasteiger partial charge in [0.2, 0.25) is 0 Å². The molecule has 0 saturated carbocycles. The van der Waals surface area contributed by atoms with Gasteiger partial charge in [0.15, 0.2) is 0 Å². The average Bonchev–Trinajstić information content (AvgIpc) is 2.46. The molecular weight excluding hydrogens is 274 g/mol. The third-order valence-corrected chi connectivity index (χ3v) is 5.85. The van der Waals surface area contributed by atoms with E-state index in [0.717, 1.165) is 45.1 Å². The Bertz CT molecular complexity index is 291. The molecule has 2 rings (SSSR count). The quantitative estimate of drug-likeness (QED) is 0.783. The molecule has 0 bridgehead atoms. The molecule has 2 unspecified atom stereocenters. The monoisotopic (exact) mass is 303 g/mol. The molecule has 2 atom stereocenters. The Morgan fingerprint density at radius 2 is 2.20 bits per heavy atom. The number of ether oxygens (including phenoxy) is 2. The molecule has 4 nitrogen and oxygen atoms in total. The maximum Gasteiger partial charge on any atom is 0.0910 e. The van der Waals surface area contributed by atoms with Gasteiger partial charge < -0.3 is 20.3 Å². The van der Waals surface area contributed by atoms with Crippen LogP contribution >= 0.6 is 11.8 Å². The molecule has 0 aromatic carbocycles. The Labute approximate surface area is 126 Å². The summed E-state index contributed by atoms with van der Waals surface area (Å²) in [5.74, 6) is 2.63. The third-order valence-electron chi connectivity index (χ3n) is 4.87. The number of nitrogens with two attached hydrogens (primary N) is 1. The van der Waals surface area contributed by atoms with Crippen LogP contribution in [0.5, 0.6) is 0 Å². The maximum absolute atomic E-state index is 11.0. The van der Waals surface area contributed by atoms with Gasteiger partial charge in [-0.05, 0) is 62.5 Å². The van der Waals surface area contributed by atoms with Crippen molar-refractivity contribution >= 4 is 11.8 Å². The smallest absolute Gasteiger partial charge is 0.0910 e. The summed E-state index contributed by atoms with van der Waals surface area (Å²) < 4.78 is 11.4. The van der Waals surface area contributed by atoms with E-state index in [1.165, 1.54) is 11.5 Å². The molecular formula is C15H29NO3S. The summed E-state index contributed by atoms with van der Waals surface area (Å²) in [7, 11) is 1.67. The Hall–Kier alpha value is 0.190. The Balaban J connectivity index is 2.03. The SMILES string of the molecule is COCC(O)(CCCN)C1CCOC2(CCSCC2)C1. The molecule has 2 saturated heterocycles. The molecule has 0 aromatic rings. The first-order valence-corrected chi connectivity index (χ1v) is 8.93. The van der Waals surface area contributed by atoms with Gasteiger partial charge in [-0.1, -0.05) is 0 Å². The Morgan fingerprint density at radius 3 is 2.85 bits per heavy atom. The number of rotatable bonds is 6. The first-order chi connectivity index (χ1) is 9.64. The van der Waals surface area contributed by atoms with Gasteiger partial charge in [-0.3, -0.25) is 0 Å². The van der Waals surface area contributed by atoms with Crippen LogP contribution in [0.1, 0.15) is 38.5 Å². The van der Waals surface area contributed by atoms with Crippen molar-refractivity contribution in [2.75, 3.05) is 38.4 Å². The van der Waals surface area contributed by atoms with Crippen molar-refractivity contribution < 1.29 is 14.6 Å². The van der Waals surface area contributed by atoms with Gasteiger partial charge in [0.25, 0.3) is 0 Å². The Kier molecular flexibility index (Phi) is 6.17. The summed E-state index contributed by atoms with van der Waals surface area (Å²) in [6.07, 6.45) is 5.71. The van der Waals surface area contributed by atoms with Crippen LogP contribution in [0.25, 0.3) is 0 Å². The number of hydrogen-bond donors (Lipinski definition) is 2. The molecule has 118 valence electrons. The van der Waals surface area contributed by atoms with Gasteiger partial charge >= 0.3 is 0 Å². The van der Waals surface area contributed by atoms with Crippen LogP contribution < -0.4 is 5.73 Å². The van der Waals surface area contributed by atoms with E-state index in [0.29, 0.717) is 13.2 Å². The molecule has 0 radical (unpaired) electrons. The largest absolute Gasteiger partial charge is 0.387 e. The second-order valence-corrected chi connectivity index (χ2v) is 7.49. The van der Waals surface area contributed by atoms with Crippen LogP contribution in [-0.4, -0.2) is 54.7 Å². The molecule has 0 aliphatic carbocycles. The van der Waals surface area contributed by atoms with E-state index in [9.17, 15) is 5.11 Å². The van der Waals surface area contributed by atoms with Gasteiger partial charge in [0.1, 0.15) is 0 Å². The van der Waals surface area contributed by atoms with Gasteiger partial charge in [-0.25, -0.2) is 0 Å². The highest BCUT2D eigenvalue weighted by atomic mass is 32.2. The lowest BCUT2D eigenvalue weighted by molar-refractivity contribution is -0.162. The van der Waals surface area contributed by atoms with Gasteiger partial charge in [-0.2, -0.15) is 11.8 Å². The van der Waals surface area contributed by atoms with Crippen LogP contribution in [0.2, 0.25) is 0 Å². The van der Waals surface area contributed by atoms with Gasteiger partial charge in [0.05, 0.1) is 17.8 Å². The molecule has 2 heterocycles. The molecule has 0 amide bonds. The molecule has 0 aromatic heterocycles. The van der Waals surface area contributed by atoms with E-state index in [1.54, 1.807) is 7.11 Å². The first kappa shape index (κ1) is 16.6. The summed E-state index contributed by atoms with van der Waals surface area (Å²) in [5, 5.41) is 11.0. The predicted octanol–water partition coefficient (Wildman–Crippen LogP) is 1.80. The minimum Gasteiger partial charge on any atom is -0.387 e. The fourth-order valence-electron chi connectivity index (χ4n) is 3.63. The highest BCUT2D eigenvalue weighted by molar-refractivity contribution is 7.99. The lowest BCUT2D eigenvalue weighted by atomic mass is 9.72. The number of hydrogen-bond acceptors (Lipinski definition) is 5. The lowest BCUT2D eigenvalue weighted by Gasteiger charge is -2.48. The second kappa shape index (κ2) is 7.45. The predicted molar refractivity (Wildman–Crippen MR) is 83.1 cm³/mol. The molecule has 2 aliphatic rings. The molecule has 3 N–H and O–H groups in total. The molecule has 2 aliphatic heterocycles. The zero-order valence-electron chi connectivity index (χ0n) is 12.6. The fourth-order valence-corrected chi connectivity index (χ4v) is 4.87. The topological polar surface area (TPSA) is 64.7 Å². The van der Waals surface area contributed by atoms with Crippen molar-refractivity contribution in [2.45, 2.75) is 49.7 Å². The van der Waals surface area contributed by atoms with E-state index in [-0.39, 0.29) is 11.5 Å². The summed E-state index contributed by atoms with van der Waals surface area (Å²) in [4.78, 5) is 0. The summed E-state index contributed by atoms with van der Waals surface area (Å²) in [6, 6.07) is 0. The summed E-state index contributed by atoms with van der Waals surface area (Å²) >= 11 is 2.01. The molecule has 1 spiro atoms. The minimum atomic E-state index is -0.741. The lowest BCUT2D eigenvalue weighted by Crippen LogP contribution is -2.52.